The number of nitrogens with one attached hydrogen (secondary N) is 2. The molecular weight excluding hydrogens is 501 g/mol. The molecule has 0 aromatic heterocycles. The lowest BCUT2D eigenvalue weighted by Gasteiger charge is -2.32. The predicted octanol–water partition coefficient (Wildman–Crippen LogP) is 3.74. The van der Waals surface area contributed by atoms with Crippen molar-refractivity contribution in [3.8, 4) is 5.75 Å². The van der Waals surface area contributed by atoms with Crippen LogP contribution in [0.4, 0.5) is 0 Å². The second kappa shape index (κ2) is 14.2. The molecule has 3 rings (SSSR count). The van der Waals surface area contributed by atoms with E-state index in [4.69, 9.17) is 9.73 Å². The molecule has 2 N–H and O–H groups in total. The zero-order valence-corrected chi connectivity index (χ0v) is 21.9. The quantitative estimate of drug-likeness (QED) is 0.283. The summed E-state index contributed by atoms with van der Waals surface area (Å²) in [4.78, 5) is 10.1. The van der Waals surface area contributed by atoms with Crippen molar-refractivity contribution in [2.24, 2.45) is 10.9 Å². The van der Waals surface area contributed by atoms with E-state index in [-0.39, 0.29) is 24.0 Å². The molecule has 2 heterocycles. The van der Waals surface area contributed by atoms with E-state index in [9.17, 15) is 0 Å². The third kappa shape index (κ3) is 8.09. The number of piperidine rings is 1. The lowest BCUT2D eigenvalue weighted by Crippen LogP contribution is -2.44. The molecule has 1 aromatic carbocycles. The second-order valence-electron chi connectivity index (χ2n) is 8.53. The summed E-state index contributed by atoms with van der Waals surface area (Å²) in [6.07, 6.45) is 5.18. The molecule has 176 valence electrons. The summed E-state index contributed by atoms with van der Waals surface area (Å²) >= 11 is 0. The molecule has 0 amide bonds. The van der Waals surface area contributed by atoms with Gasteiger partial charge in [0.1, 0.15) is 5.75 Å². The van der Waals surface area contributed by atoms with E-state index < -0.39 is 0 Å². The van der Waals surface area contributed by atoms with Gasteiger partial charge in [-0.15, -0.1) is 24.0 Å². The van der Waals surface area contributed by atoms with E-state index in [1.807, 2.05) is 0 Å². The van der Waals surface area contributed by atoms with E-state index in [0.717, 1.165) is 51.0 Å². The smallest absolute Gasteiger partial charge is 0.191 e. The minimum Gasteiger partial charge on any atom is -0.497 e. The molecule has 7 heteroatoms. The molecule has 0 saturated carbocycles. The fourth-order valence-electron chi connectivity index (χ4n) is 4.68. The summed E-state index contributed by atoms with van der Waals surface area (Å²) in [7, 11) is 1.72. The zero-order valence-electron chi connectivity index (χ0n) is 19.6. The Morgan fingerprint density at radius 2 is 1.84 bits per heavy atom. The fourth-order valence-corrected chi connectivity index (χ4v) is 4.68. The number of benzene rings is 1. The van der Waals surface area contributed by atoms with Crippen LogP contribution in [0, 0.1) is 5.92 Å². The Morgan fingerprint density at radius 1 is 1.10 bits per heavy atom. The summed E-state index contributed by atoms with van der Waals surface area (Å²) in [6, 6.07) is 8.83. The van der Waals surface area contributed by atoms with E-state index in [0.29, 0.717) is 12.0 Å². The van der Waals surface area contributed by atoms with E-state index >= 15 is 0 Å². The number of hydrogen-bond acceptors (Lipinski definition) is 4. The van der Waals surface area contributed by atoms with Gasteiger partial charge in [0.15, 0.2) is 5.96 Å². The zero-order chi connectivity index (χ0) is 21.2. The second-order valence-corrected chi connectivity index (χ2v) is 8.53. The van der Waals surface area contributed by atoms with Crippen molar-refractivity contribution < 1.29 is 4.74 Å². The molecular formula is C24H42IN5O. The van der Waals surface area contributed by atoms with Gasteiger partial charge in [0, 0.05) is 19.6 Å². The highest BCUT2D eigenvalue weighted by atomic mass is 127. The van der Waals surface area contributed by atoms with Gasteiger partial charge < -0.3 is 20.3 Å². The van der Waals surface area contributed by atoms with E-state index in [1.165, 1.54) is 44.3 Å². The minimum absolute atomic E-state index is 0. The average molecular weight is 544 g/mol. The minimum atomic E-state index is 0. The lowest BCUT2D eigenvalue weighted by molar-refractivity contribution is 0.183. The number of aliphatic imine (C=N–C) groups is 1. The molecule has 2 aliphatic rings. The van der Waals surface area contributed by atoms with Gasteiger partial charge in [-0.1, -0.05) is 19.1 Å². The lowest BCUT2D eigenvalue weighted by atomic mass is 9.98. The van der Waals surface area contributed by atoms with Crippen LogP contribution < -0.4 is 15.4 Å². The van der Waals surface area contributed by atoms with Gasteiger partial charge >= 0.3 is 0 Å². The average Bonchev–Trinajstić information content (AvgIpc) is 3.32. The number of ether oxygens (including phenoxy) is 1. The summed E-state index contributed by atoms with van der Waals surface area (Å²) in [5.74, 6) is 2.56. The van der Waals surface area contributed by atoms with Crippen molar-refractivity contribution in [1.29, 1.82) is 0 Å². The first kappa shape index (κ1) is 26.2. The highest BCUT2D eigenvalue weighted by Gasteiger charge is 2.24. The van der Waals surface area contributed by atoms with Gasteiger partial charge in [0.25, 0.3) is 0 Å². The van der Waals surface area contributed by atoms with Crippen molar-refractivity contribution in [3.05, 3.63) is 29.8 Å². The first-order chi connectivity index (χ1) is 14.7. The highest BCUT2D eigenvalue weighted by Crippen LogP contribution is 2.27. The Hall–Kier alpha value is -1.06. The molecule has 6 nitrogen and oxygen atoms in total. The van der Waals surface area contributed by atoms with Crippen LogP contribution in [0.15, 0.2) is 29.3 Å². The summed E-state index contributed by atoms with van der Waals surface area (Å²) in [6.45, 7) is 13.0. The van der Waals surface area contributed by atoms with Crippen LogP contribution in [0.1, 0.15) is 51.1 Å². The SMILES string of the molecule is CCNC(=NCC(c1ccc(OC)cc1)N1CCCC1)NCC1CCCN(CC)C1.I. The van der Waals surface area contributed by atoms with Crippen LogP contribution in [-0.4, -0.2) is 75.2 Å². The molecule has 2 fully saturated rings. The normalized spacial score (nSPS) is 21.4. The van der Waals surface area contributed by atoms with Crippen molar-refractivity contribution in [1.82, 2.24) is 20.4 Å². The Kier molecular flexibility index (Phi) is 12.0. The molecule has 2 atom stereocenters. The van der Waals surface area contributed by atoms with Crippen LogP contribution in [0.5, 0.6) is 5.75 Å². The molecule has 2 aliphatic heterocycles. The summed E-state index contributed by atoms with van der Waals surface area (Å²) in [5.41, 5.74) is 1.32. The van der Waals surface area contributed by atoms with Gasteiger partial charge in [-0.2, -0.15) is 0 Å². The summed E-state index contributed by atoms with van der Waals surface area (Å²) < 4.78 is 5.35. The van der Waals surface area contributed by atoms with Gasteiger partial charge in [0.2, 0.25) is 0 Å². The molecule has 2 saturated heterocycles. The molecule has 0 aliphatic carbocycles. The molecule has 2 unspecified atom stereocenters. The predicted molar refractivity (Wildman–Crippen MR) is 141 cm³/mol. The van der Waals surface area contributed by atoms with Crippen molar-refractivity contribution in [3.63, 3.8) is 0 Å². The number of guanidine groups is 1. The van der Waals surface area contributed by atoms with Crippen molar-refractivity contribution in [2.45, 2.75) is 45.6 Å². The monoisotopic (exact) mass is 543 g/mol. The Labute approximate surface area is 206 Å². The topological polar surface area (TPSA) is 52.1 Å². The van der Waals surface area contributed by atoms with Crippen LogP contribution in [0.2, 0.25) is 0 Å². The van der Waals surface area contributed by atoms with Crippen molar-refractivity contribution in [2.75, 3.05) is 59.5 Å². The molecule has 31 heavy (non-hydrogen) atoms. The third-order valence-corrected chi connectivity index (χ3v) is 6.46. The van der Waals surface area contributed by atoms with E-state index in [2.05, 4.69) is 58.5 Å². The number of nitrogens with zero attached hydrogens (tertiary/aromatic N) is 3. The van der Waals surface area contributed by atoms with Gasteiger partial charge in [0.05, 0.1) is 19.7 Å². The van der Waals surface area contributed by atoms with E-state index in [1.54, 1.807) is 7.11 Å². The Bertz CT molecular complexity index is 648. The first-order valence-electron chi connectivity index (χ1n) is 11.9. The van der Waals surface area contributed by atoms with Gasteiger partial charge in [-0.05, 0) is 82.4 Å². The van der Waals surface area contributed by atoms with Crippen LogP contribution in [-0.2, 0) is 0 Å². The van der Waals surface area contributed by atoms with Crippen LogP contribution in [0.3, 0.4) is 0 Å². The fraction of sp³-hybridized carbons (Fsp3) is 0.708. The van der Waals surface area contributed by atoms with Gasteiger partial charge in [-0.25, -0.2) is 0 Å². The molecule has 0 radical (unpaired) electrons. The largest absolute Gasteiger partial charge is 0.497 e. The van der Waals surface area contributed by atoms with Crippen molar-refractivity contribution >= 4 is 29.9 Å². The Balaban J connectivity index is 0.00000341. The van der Waals surface area contributed by atoms with Crippen LogP contribution in [0.25, 0.3) is 0 Å². The number of methoxy groups -OCH3 is 1. The number of hydrogen-bond donors (Lipinski definition) is 2. The number of rotatable bonds is 9. The number of halogens is 1. The van der Waals surface area contributed by atoms with Crippen LogP contribution >= 0.6 is 24.0 Å². The summed E-state index contributed by atoms with van der Waals surface area (Å²) in [5, 5.41) is 7.07. The molecule has 0 spiro atoms. The highest BCUT2D eigenvalue weighted by molar-refractivity contribution is 14.0. The first-order valence-corrected chi connectivity index (χ1v) is 11.9. The maximum absolute atomic E-state index is 5.35. The molecule has 1 aromatic rings. The molecule has 0 bridgehead atoms. The number of likely N-dealkylation sites (tertiary alicyclic amines) is 2. The standard InChI is InChI=1S/C24H41N5O.HI/c1-4-25-24(26-17-20-9-8-14-28(5-2)19-20)27-18-23(29-15-6-7-16-29)21-10-12-22(30-3)13-11-21;/h10-13,20,23H,4-9,14-19H2,1-3H3,(H2,25,26,27);1H. The third-order valence-electron chi connectivity index (χ3n) is 6.46. The maximum Gasteiger partial charge on any atom is 0.191 e. The van der Waals surface area contributed by atoms with Gasteiger partial charge in [-0.3, -0.25) is 9.89 Å². The Morgan fingerprint density at radius 3 is 2.48 bits per heavy atom. The maximum atomic E-state index is 5.35.